The van der Waals surface area contributed by atoms with Gasteiger partial charge in [0.25, 0.3) is 0 Å². The van der Waals surface area contributed by atoms with Crippen molar-refractivity contribution in [3.05, 3.63) is 65.2 Å². The fourth-order valence-electron chi connectivity index (χ4n) is 2.36. The first-order valence-corrected chi connectivity index (χ1v) is 7.89. The average molecular weight is 317 g/mol. The first-order valence-electron chi connectivity index (χ1n) is 7.51. The Balaban J connectivity index is 2.29. The van der Waals surface area contributed by atoms with E-state index >= 15 is 0 Å². The van der Waals surface area contributed by atoms with Crippen LogP contribution >= 0.6 is 11.6 Å². The number of carbonyl (C=O) groups excluding carboxylic acids is 1. The Hall–Kier alpha value is -2.00. The van der Waals surface area contributed by atoms with Gasteiger partial charge in [0, 0.05) is 23.8 Å². The highest BCUT2D eigenvalue weighted by atomic mass is 35.5. The lowest BCUT2D eigenvalue weighted by atomic mass is 10.0. The molecule has 1 unspecified atom stereocenters. The summed E-state index contributed by atoms with van der Waals surface area (Å²) >= 11 is 5.92. The largest absolute Gasteiger partial charge is 0.370 e. The standard InChI is InChI=1S/C18H21ClN2O/c1-3-21(4-2)18(22)17(14-8-6-5-7-9-14)20-16-12-10-15(19)11-13-16/h5-13,17,20H,3-4H2,1-2H3. The number of rotatable bonds is 6. The molecule has 3 nitrogen and oxygen atoms in total. The van der Waals surface area contributed by atoms with Gasteiger partial charge in [0.15, 0.2) is 0 Å². The molecule has 0 radical (unpaired) electrons. The Kier molecular flexibility index (Phi) is 5.84. The molecule has 1 atom stereocenters. The van der Waals surface area contributed by atoms with Crippen LogP contribution in [0.2, 0.25) is 5.02 Å². The van der Waals surface area contributed by atoms with Crippen LogP contribution in [0, 0.1) is 0 Å². The van der Waals surface area contributed by atoms with E-state index in [1.54, 1.807) is 0 Å². The van der Waals surface area contributed by atoms with Gasteiger partial charge >= 0.3 is 0 Å². The molecule has 0 saturated carbocycles. The lowest BCUT2D eigenvalue weighted by Gasteiger charge is -2.27. The molecule has 22 heavy (non-hydrogen) atoms. The molecular formula is C18H21ClN2O. The molecule has 4 heteroatoms. The van der Waals surface area contributed by atoms with E-state index in [2.05, 4.69) is 5.32 Å². The predicted molar refractivity (Wildman–Crippen MR) is 92.2 cm³/mol. The van der Waals surface area contributed by atoms with Gasteiger partial charge in [-0.3, -0.25) is 4.79 Å². The molecule has 2 aromatic rings. The quantitative estimate of drug-likeness (QED) is 0.858. The second-order valence-corrected chi connectivity index (χ2v) is 5.44. The number of benzene rings is 2. The topological polar surface area (TPSA) is 32.3 Å². The van der Waals surface area contributed by atoms with Gasteiger partial charge in [-0.15, -0.1) is 0 Å². The second-order valence-electron chi connectivity index (χ2n) is 5.01. The lowest BCUT2D eigenvalue weighted by molar-refractivity contribution is -0.131. The Morgan fingerprint density at radius 3 is 2.18 bits per heavy atom. The molecule has 0 aliphatic heterocycles. The minimum absolute atomic E-state index is 0.0751. The number of hydrogen-bond donors (Lipinski definition) is 1. The Morgan fingerprint density at radius 2 is 1.64 bits per heavy atom. The van der Waals surface area contributed by atoms with E-state index in [0.29, 0.717) is 18.1 Å². The number of nitrogens with zero attached hydrogens (tertiary/aromatic N) is 1. The molecule has 2 rings (SSSR count). The molecule has 1 amide bonds. The first kappa shape index (κ1) is 16.4. The third-order valence-electron chi connectivity index (χ3n) is 3.61. The summed E-state index contributed by atoms with van der Waals surface area (Å²) in [6.45, 7) is 5.37. The van der Waals surface area contributed by atoms with Gasteiger partial charge in [0.2, 0.25) is 5.91 Å². The van der Waals surface area contributed by atoms with Crippen molar-refractivity contribution in [2.75, 3.05) is 18.4 Å². The zero-order chi connectivity index (χ0) is 15.9. The summed E-state index contributed by atoms with van der Waals surface area (Å²) in [7, 11) is 0. The van der Waals surface area contributed by atoms with Gasteiger partial charge in [-0.05, 0) is 43.7 Å². The van der Waals surface area contributed by atoms with Gasteiger partial charge in [-0.2, -0.15) is 0 Å². The van der Waals surface area contributed by atoms with E-state index in [-0.39, 0.29) is 5.91 Å². The molecule has 1 N–H and O–H groups in total. The summed E-state index contributed by atoms with van der Waals surface area (Å²) in [6.07, 6.45) is 0. The van der Waals surface area contributed by atoms with Gasteiger partial charge in [0.05, 0.1) is 0 Å². The highest BCUT2D eigenvalue weighted by Crippen LogP contribution is 2.23. The highest BCUT2D eigenvalue weighted by molar-refractivity contribution is 6.30. The molecule has 0 bridgehead atoms. The molecule has 116 valence electrons. The third kappa shape index (κ3) is 4.01. The maximum Gasteiger partial charge on any atom is 0.249 e. The van der Waals surface area contributed by atoms with Crippen molar-refractivity contribution >= 4 is 23.2 Å². The summed E-state index contributed by atoms with van der Waals surface area (Å²) in [5.74, 6) is 0.0751. The van der Waals surface area contributed by atoms with Crippen LogP contribution in [-0.2, 0) is 4.79 Å². The monoisotopic (exact) mass is 316 g/mol. The Labute approximate surface area is 136 Å². The minimum Gasteiger partial charge on any atom is -0.370 e. The molecule has 0 heterocycles. The molecular weight excluding hydrogens is 296 g/mol. The van der Waals surface area contributed by atoms with E-state index in [1.165, 1.54) is 0 Å². The fraction of sp³-hybridized carbons (Fsp3) is 0.278. The molecule has 0 saturated heterocycles. The van der Waals surface area contributed by atoms with E-state index in [9.17, 15) is 4.79 Å². The van der Waals surface area contributed by atoms with E-state index in [1.807, 2.05) is 73.3 Å². The maximum atomic E-state index is 12.8. The van der Waals surface area contributed by atoms with Crippen LogP contribution in [0.4, 0.5) is 5.69 Å². The van der Waals surface area contributed by atoms with E-state index < -0.39 is 6.04 Å². The summed E-state index contributed by atoms with van der Waals surface area (Å²) in [5.41, 5.74) is 1.83. The zero-order valence-electron chi connectivity index (χ0n) is 12.9. The van der Waals surface area contributed by atoms with Crippen LogP contribution in [0.1, 0.15) is 25.5 Å². The van der Waals surface area contributed by atoms with Crippen molar-refractivity contribution in [3.8, 4) is 0 Å². The van der Waals surface area contributed by atoms with Gasteiger partial charge in [-0.1, -0.05) is 41.9 Å². The Bertz CT molecular complexity index is 594. The Morgan fingerprint density at radius 1 is 1.05 bits per heavy atom. The van der Waals surface area contributed by atoms with Crippen LogP contribution in [-0.4, -0.2) is 23.9 Å². The van der Waals surface area contributed by atoms with E-state index in [0.717, 1.165) is 11.3 Å². The summed E-state index contributed by atoms with van der Waals surface area (Å²) in [6, 6.07) is 16.8. The molecule has 0 aliphatic rings. The molecule has 0 fully saturated rings. The smallest absolute Gasteiger partial charge is 0.249 e. The van der Waals surface area contributed by atoms with Crippen LogP contribution in [0.3, 0.4) is 0 Å². The summed E-state index contributed by atoms with van der Waals surface area (Å²) < 4.78 is 0. The maximum absolute atomic E-state index is 12.8. The summed E-state index contributed by atoms with van der Waals surface area (Å²) in [5, 5.41) is 4.00. The minimum atomic E-state index is -0.401. The highest BCUT2D eigenvalue weighted by Gasteiger charge is 2.24. The van der Waals surface area contributed by atoms with Crippen molar-refractivity contribution in [1.29, 1.82) is 0 Å². The number of hydrogen-bond acceptors (Lipinski definition) is 2. The van der Waals surface area contributed by atoms with Crippen LogP contribution in [0.5, 0.6) is 0 Å². The van der Waals surface area contributed by atoms with Crippen LogP contribution < -0.4 is 5.32 Å². The molecule has 2 aromatic carbocycles. The number of carbonyl (C=O) groups is 1. The zero-order valence-corrected chi connectivity index (χ0v) is 13.7. The van der Waals surface area contributed by atoms with Crippen LogP contribution in [0.25, 0.3) is 0 Å². The van der Waals surface area contributed by atoms with Crippen molar-refractivity contribution in [2.24, 2.45) is 0 Å². The van der Waals surface area contributed by atoms with Gasteiger partial charge in [0.1, 0.15) is 6.04 Å². The van der Waals surface area contributed by atoms with Crippen molar-refractivity contribution < 1.29 is 4.79 Å². The molecule has 0 aromatic heterocycles. The summed E-state index contributed by atoms with van der Waals surface area (Å²) in [4.78, 5) is 14.6. The van der Waals surface area contributed by atoms with Gasteiger partial charge in [-0.25, -0.2) is 0 Å². The first-order chi connectivity index (χ1) is 10.7. The van der Waals surface area contributed by atoms with Crippen molar-refractivity contribution in [3.63, 3.8) is 0 Å². The normalized spacial score (nSPS) is 11.8. The van der Waals surface area contributed by atoms with Crippen molar-refractivity contribution in [2.45, 2.75) is 19.9 Å². The van der Waals surface area contributed by atoms with Crippen LogP contribution in [0.15, 0.2) is 54.6 Å². The third-order valence-corrected chi connectivity index (χ3v) is 3.86. The SMILES string of the molecule is CCN(CC)C(=O)C(Nc1ccc(Cl)cc1)c1ccccc1. The number of amides is 1. The predicted octanol–water partition coefficient (Wildman–Crippen LogP) is 4.36. The van der Waals surface area contributed by atoms with Gasteiger partial charge < -0.3 is 10.2 Å². The lowest BCUT2D eigenvalue weighted by Crippen LogP contribution is -2.37. The second kappa shape index (κ2) is 7.85. The fourth-order valence-corrected chi connectivity index (χ4v) is 2.49. The molecule has 0 aliphatic carbocycles. The average Bonchev–Trinajstić information content (AvgIpc) is 2.56. The number of nitrogens with one attached hydrogen (secondary N) is 1. The number of likely N-dealkylation sites (N-methyl/N-ethyl adjacent to an activating group) is 1. The van der Waals surface area contributed by atoms with E-state index in [4.69, 9.17) is 11.6 Å². The van der Waals surface area contributed by atoms with Crippen molar-refractivity contribution in [1.82, 2.24) is 4.90 Å². The number of halogens is 1. The molecule has 0 spiro atoms. The number of anilines is 1.